The van der Waals surface area contributed by atoms with Crippen molar-refractivity contribution in [2.45, 2.75) is 38.1 Å². The number of hydrogen-bond donors (Lipinski definition) is 1. The van der Waals surface area contributed by atoms with Gasteiger partial charge in [0.2, 0.25) is 5.88 Å². The van der Waals surface area contributed by atoms with Crippen molar-refractivity contribution in [2.24, 2.45) is 23.7 Å². The first-order chi connectivity index (χ1) is 8.74. The quantitative estimate of drug-likeness (QED) is 0.873. The van der Waals surface area contributed by atoms with Crippen LogP contribution in [0.2, 0.25) is 0 Å². The Bertz CT molecular complexity index is 440. The molecule has 2 N–H and O–H groups in total. The van der Waals surface area contributed by atoms with Gasteiger partial charge in [-0.05, 0) is 55.8 Å². The molecule has 1 aromatic heterocycles. The second-order valence-electron chi connectivity index (χ2n) is 6.48. The molecule has 4 heteroatoms. The summed E-state index contributed by atoms with van der Waals surface area (Å²) in [6, 6.07) is 2.38. The molecule has 4 aliphatic carbocycles. The maximum atomic E-state index is 6.12. The monoisotopic (exact) mass is 247 g/mol. The summed E-state index contributed by atoms with van der Waals surface area (Å²) in [5.41, 5.74) is 6.12. The van der Waals surface area contributed by atoms with Crippen LogP contribution in [0.4, 0.5) is 5.82 Å². The lowest BCUT2D eigenvalue weighted by Gasteiger charge is -2.54. The molecule has 5 rings (SSSR count). The molecule has 0 saturated heterocycles. The van der Waals surface area contributed by atoms with E-state index in [0.717, 1.165) is 29.5 Å². The van der Waals surface area contributed by atoms with Crippen molar-refractivity contribution < 1.29 is 4.74 Å². The van der Waals surface area contributed by atoms with Crippen molar-refractivity contribution in [2.75, 3.05) is 12.8 Å². The van der Waals surface area contributed by atoms with Gasteiger partial charge < -0.3 is 10.5 Å². The van der Waals surface area contributed by atoms with E-state index >= 15 is 0 Å². The van der Waals surface area contributed by atoms with Crippen LogP contribution >= 0.6 is 0 Å². The van der Waals surface area contributed by atoms with Crippen LogP contribution in [-0.4, -0.2) is 16.9 Å². The van der Waals surface area contributed by atoms with E-state index in [-0.39, 0.29) is 0 Å². The molecule has 0 aliphatic heterocycles. The molecule has 1 aromatic rings. The molecule has 0 amide bonds. The largest absolute Gasteiger partial charge is 0.480 e. The van der Waals surface area contributed by atoms with E-state index < -0.39 is 0 Å². The van der Waals surface area contributed by atoms with Crippen molar-refractivity contribution in [1.29, 1.82) is 0 Å². The predicted molar refractivity (Wildman–Crippen MR) is 69.3 cm³/mol. The minimum atomic E-state index is 0.529. The van der Waals surface area contributed by atoms with Crippen LogP contribution in [-0.2, 0) is 0 Å². The van der Waals surface area contributed by atoms with Gasteiger partial charge in [0.05, 0.1) is 13.2 Å². The van der Waals surface area contributed by atoms with E-state index in [0.29, 0.717) is 11.9 Å². The summed E-state index contributed by atoms with van der Waals surface area (Å²) in [7, 11) is 1.66. The van der Waals surface area contributed by atoms with Crippen molar-refractivity contribution >= 4 is 5.82 Å². The number of nitrogen functional groups attached to an aromatic ring is 1. The Hall–Kier alpha value is -1.19. The molecular weight excluding hydrogens is 226 g/mol. The summed E-state index contributed by atoms with van der Waals surface area (Å²) in [4.78, 5) is 0. The van der Waals surface area contributed by atoms with Crippen LogP contribution in [0.25, 0.3) is 0 Å². The number of ether oxygens (including phenoxy) is 1. The third kappa shape index (κ3) is 1.41. The van der Waals surface area contributed by atoms with E-state index in [1.165, 1.54) is 32.1 Å². The van der Waals surface area contributed by atoms with Gasteiger partial charge >= 0.3 is 0 Å². The Morgan fingerprint density at radius 2 is 1.78 bits per heavy atom. The van der Waals surface area contributed by atoms with Crippen molar-refractivity contribution in [3.8, 4) is 5.88 Å². The molecule has 98 valence electrons. The summed E-state index contributed by atoms with van der Waals surface area (Å²) >= 11 is 0. The Balaban J connectivity index is 1.69. The molecule has 4 aliphatic rings. The highest BCUT2D eigenvalue weighted by atomic mass is 16.5. The standard InChI is InChI=1S/C14H21N3O/c1-18-13-7-12(15)17(16-13)14-10-3-8-2-9(5-10)6-11(14)4-8/h7-11,14H,2-6,15H2,1H3. The number of methoxy groups -OCH3 is 1. The van der Waals surface area contributed by atoms with Crippen molar-refractivity contribution in [3.63, 3.8) is 0 Å². The van der Waals surface area contributed by atoms with Gasteiger partial charge in [0, 0.05) is 6.07 Å². The fourth-order valence-corrected chi connectivity index (χ4v) is 5.02. The number of hydrogen-bond acceptors (Lipinski definition) is 3. The molecule has 0 spiro atoms. The molecule has 4 fully saturated rings. The van der Waals surface area contributed by atoms with E-state index in [9.17, 15) is 0 Å². The zero-order valence-electron chi connectivity index (χ0n) is 10.9. The van der Waals surface area contributed by atoms with E-state index in [2.05, 4.69) is 9.78 Å². The van der Waals surface area contributed by atoms with Crippen LogP contribution in [0, 0.1) is 23.7 Å². The second kappa shape index (κ2) is 3.65. The maximum Gasteiger partial charge on any atom is 0.234 e. The van der Waals surface area contributed by atoms with Gasteiger partial charge in [-0.2, -0.15) is 0 Å². The van der Waals surface area contributed by atoms with Crippen LogP contribution in [0.5, 0.6) is 5.88 Å². The second-order valence-corrected chi connectivity index (χ2v) is 6.48. The molecule has 0 radical (unpaired) electrons. The van der Waals surface area contributed by atoms with Gasteiger partial charge in [0.25, 0.3) is 0 Å². The minimum absolute atomic E-state index is 0.529. The first kappa shape index (κ1) is 10.7. The van der Waals surface area contributed by atoms with Gasteiger partial charge in [0.15, 0.2) is 0 Å². The highest BCUT2D eigenvalue weighted by molar-refractivity contribution is 5.35. The number of nitrogens with zero attached hydrogens (tertiary/aromatic N) is 2. The summed E-state index contributed by atoms with van der Waals surface area (Å²) in [5.74, 6) is 5.00. The van der Waals surface area contributed by atoms with Gasteiger partial charge in [-0.3, -0.25) is 0 Å². The zero-order valence-corrected chi connectivity index (χ0v) is 10.9. The minimum Gasteiger partial charge on any atom is -0.480 e. The summed E-state index contributed by atoms with van der Waals surface area (Å²) in [5, 5.41) is 4.54. The zero-order chi connectivity index (χ0) is 12.3. The normalized spacial score (nSPS) is 41.3. The van der Waals surface area contributed by atoms with Crippen LogP contribution < -0.4 is 10.5 Å². The number of anilines is 1. The van der Waals surface area contributed by atoms with Crippen LogP contribution in [0.15, 0.2) is 6.07 Å². The highest BCUT2D eigenvalue weighted by Crippen LogP contribution is 2.58. The van der Waals surface area contributed by atoms with Crippen LogP contribution in [0.3, 0.4) is 0 Å². The predicted octanol–water partition coefficient (Wildman–Crippen LogP) is 2.47. The van der Waals surface area contributed by atoms with Gasteiger partial charge in [-0.1, -0.05) is 0 Å². The molecular formula is C14H21N3O. The lowest BCUT2D eigenvalue weighted by Crippen LogP contribution is -2.46. The summed E-state index contributed by atoms with van der Waals surface area (Å²) < 4.78 is 7.27. The maximum absolute atomic E-state index is 6.12. The fourth-order valence-electron chi connectivity index (χ4n) is 5.02. The SMILES string of the molecule is COc1cc(N)n(C2C3CC4CC(C3)CC2C4)n1. The lowest BCUT2D eigenvalue weighted by molar-refractivity contribution is -0.0330. The van der Waals surface area contributed by atoms with Gasteiger partial charge in [0.1, 0.15) is 5.82 Å². The Labute approximate surface area is 107 Å². The van der Waals surface area contributed by atoms with E-state index in [1.54, 1.807) is 7.11 Å². The summed E-state index contributed by atoms with van der Waals surface area (Å²) in [6.45, 7) is 0. The smallest absolute Gasteiger partial charge is 0.234 e. The first-order valence-electron chi connectivity index (χ1n) is 7.13. The summed E-state index contributed by atoms with van der Waals surface area (Å²) in [6.07, 6.45) is 7.04. The molecule has 1 heterocycles. The van der Waals surface area contributed by atoms with E-state index in [1.807, 2.05) is 6.07 Å². The molecule has 4 nitrogen and oxygen atoms in total. The number of aromatic nitrogens is 2. The fraction of sp³-hybridized carbons (Fsp3) is 0.786. The van der Waals surface area contributed by atoms with Crippen molar-refractivity contribution in [1.82, 2.24) is 9.78 Å². The number of nitrogens with two attached hydrogens (primary N) is 1. The molecule has 0 unspecified atom stereocenters. The number of rotatable bonds is 2. The van der Waals surface area contributed by atoms with Gasteiger partial charge in [-0.15, -0.1) is 5.10 Å². The van der Waals surface area contributed by atoms with Crippen LogP contribution in [0.1, 0.15) is 38.1 Å². The third-order valence-corrected chi connectivity index (χ3v) is 5.41. The Morgan fingerprint density at radius 3 is 2.28 bits per heavy atom. The topological polar surface area (TPSA) is 53.1 Å². The highest BCUT2D eigenvalue weighted by Gasteiger charge is 2.49. The average Bonchev–Trinajstić information content (AvgIpc) is 2.69. The molecule has 4 saturated carbocycles. The van der Waals surface area contributed by atoms with E-state index in [4.69, 9.17) is 10.5 Å². The molecule has 0 atom stereocenters. The van der Waals surface area contributed by atoms with Gasteiger partial charge in [-0.25, -0.2) is 4.68 Å². The Morgan fingerprint density at radius 1 is 1.17 bits per heavy atom. The first-order valence-corrected chi connectivity index (χ1v) is 7.13. The molecule has 18 heavy (non-hydrogen) atoms. The molecule has 4 bridgehead atoms. The molecule has 0 aromatic carbocycles. The third-order valence-electron chi connectivity index (χ3n) is 5.41. The average molecular weight is 247 g/mol. The Kier molecular flexibility index (Phi) is 2.17. The van der Waals surface area contributed by atoms with Crippen molar-refractivity contribution in [3.05, 3.63) is 6.07 Å². The lowest BCUT2D eigenvalue weighted by atomic mass is 9.54.